The number of carbonyl (C=O) groups excluding carboxylic acids is 1. The number of piperazine rings is 1. The highest BCUT2D eigenvalue weighted by Gasteiger charge is 2.31. The van der Waals surface area contributed by atoms with Crippen LogP contribution in [-0.4, -0.2) is 40.9 Å². The fourth-order valence-corrected chi connectivity index (χ4v) is 1.57. The molecule has 3 N–H and O–H groups in total. The molecule has 0 bridgehead atoms. The summed E-state index contributed by atoms with van der Waals surface area (Å²) in [6.07, 6.45) is 0.598. The fourth-order valence-electron chi connectivity index (χ4n) is 1.36. The number of carboxylic acid groups (broad SMARTS) is 1. The summed E-state index contributed by atoms with van der Waals surface area (Å²) in [4.78, 5) is 21.9. The minimum atomic E-state index is -1.01. The molecule has 0 aromatic rings. The van der Waals surface area contributed by atoms with Crippen molar-refractivity contribution >= 4 is 24.5 Å². The van der Waals surface area contributed by atoms with Crippen LogP contribution in [-0.2, 0) is 9.59 Å². The Balaban J connectivity index is 2.48. The second-order valence-electron chi connectivity index (χ2n) is 3.44. The number of carbonyl (C=O) groups is 2. The molecule has 1 amide bonds. The number of rotatable bonds is 3. The van der Waals surface area contributed by atoms with Crippen LogP contribution >= 0.6 is 12.6 Å². The van der Waals surface area contributed by atoms with E-state index >= 15 is 0 Å². The molecule has 1 saturated heterocycles. The molecule has 3 atom stereocenters. The number of hydrogen-bond donors (Lipinski definition) is 4. The molecule has 1 heterocycles. The third kappa shape index (κ3) is 2.88. The lowest BCUT2D eigenvalue weighted by atomic mass is 10.1. The monoisotopic (exact) mass is 218 g/mol. The molecule has 1 fully saturated rings. The molecule has 6 heteroatoms. The molecule has 0 radical (unpaired) electrons. The molecule has 3 unspecified atom stereocenters. The molecule has 0 aromatic heterocycles. The Hall–Kier alpha value is -0.750. The predicted octanol–water partition coefficient (Wildman–Crippen LogP) is -0.764. The van der Waals surface area contributed by atoms with Gasteiger partial charge in [0.1, 0.15) is 6.04 Å². The second-order valence-corrected chi connectivity index (χ2v) is 4.33. The number of carboxylic acids is 1. The Bertz CT molecular complexity index is 245. The Kier molecular flexibility index (Phi) is 3.77. The number of nitrogens with one attached hydrogen (secondary N) is 2. The van der Waals surface area contributed by atoms with E-state index < -0.39 is 12.0 Å². The average molecular weight is 218 g/mol. The lowest BCUT2D eigenvalue weighted by Gasteiger charge is -2.28. The van der Waals surface area contributed by atoms with Crippen LogP contribution in [0.1, 0.15) is 13.3 Å². The standard InChI is InChI=1S/C8H14N2O3S/c1-4(14)2-5-7(11)10-6(3-9-5)8(12)13/h4-6,9,14H,2-3H2,1H3,(H,10,11)(H,12,13). The minimum Gasteiger partial charge on any atom is -0.480 e. The van der Waals surface area contributed by atoms with Crippen LogP contribution < -0.4 is 10.6 Å². The van der Waals surface area contributed by atoms with E-state index in [4.69, 9.17) is 5.11 Å². The van der Waals surface area contributed by atoms with E-state index in [1.807, 2.05) is 6.92 Å². The van der Waals surface area contributed by atoms with Crippen molar-refractivity contribution in [3.05, 3.63) is 0 Å². The van der Waals surface area contributed by atoms with Crippen LogP contribution in [0.4, 0.5) is 0 Å². The first kappa shape index (κ1) is 11.3. The summed E-state index contributed by atoms with van der Waals surface area (Å²) in [6, 6.07) is -1.13. The van der Waals surface area contributed by atoms with Gasteiger partial charge in [0.25, 0.3) is 0 Å². The summed E-state index contributed by atoms with van der Waals surface area (Å²) in [5.41, 5.74) is 0. The first-order valence-corrected chi connectivity index (χ1v) is 4.97. The van der Waals surface area contributed by atoms with Gasteiger partial charge in [-0.2, -0.15) is 12.6 Å². The van der Waals surface area contributed by atoms with Crippen molar-refractivity contribution in [2.24, 2.45) is 0 Å². The van der Waals surface area contributed by atoms with Crippen molar-refractivity contribution in [3.63, 3.8) is 0 Å². The minimum absolute atomic E-state index is 0.111. The maximum atomic E-state index is 11.4. The first-order chi connectivity index (χ1) is 6.50. The maximum absolute atomic E-state index is 11.4. The number of aliphatic carboxylic acids is 1. The molecule has 80 valence electrons. The Morgan fingerprint density at radius 1 is 1.79 bits per heavy atom. The smallest absolute Gasteiger partial charge is 0.327 e. The SMILES string of the molecule is CC(S)CC1NCC(C(=O)O)NC1=O. The molecule has 5 nitrogen and oxygen atoms in total. The highest BCUT2D eigenvalue weighted by atomic mass is 32.1. The van der Waals surface area contributed by atoms with Gasteiger partial charge in [-0.15, -0.1) is 0 Å². The van der Waals surface area contributed by atoms with E-state index in [-0.39, 0.29) is 23.7 Å². The van der Waals surface area contributed by atoms with Gasteiger partial charge in [-0.1, -0.05) is 6.92 Å². The number of hydrogen-bond acceptors (Lipinski definition) is 4. The molecule has 1 aliphatic heterocycles. The van der Waals surface area contributed by atoms with Crippen LogP contribution in [0.25, 0.3) is 0 Å². The van der Waals surface area contributed by atoms with Crippen LogP contribution in [0.2, 0.25) is 0 Å². The van der Waals surface area contributed by atoms with Crippen molar-refractivity contribution in [1.82, 2.24) is 10.6 Å². The molecule has 1 aliphatic rings. The third-order valence-corrected chi connectivity index (χ3v) is 2.29. The van der Waals surface area contributed by atoms with Crippen LogP contribution in [0.5, 0.6) is 0 Å². The zero-order chi connectivity index (χ0) is 10.7. The average Bonchev–Trinajstić information content (AvgIpc) is 2.07. The molecule has 14 heavy (non-hydrogen) atoms. The molecule has 0 saturated carbocycles. The summed E-state index contributed by atoms with van der Waals surface area (Å²) in [5.74, 6) is -1.27. The molecular weight excluding hydrogens is 204 g/mol. The fraction of sp³-hybridized carbons (Fsp3) is 0.750. The van der Waals surface area contributed by atoms with Crippen molar-refractivity contribution in [1.29, 1.82) is 0 Å². The highest BCUT2D eigenvalue weighted by molar-refractivity contribution is 7.80. The van der Waals surface area contributed by atoms with Crippen LogP contribution in [0.15, 0.2) is 0 Å². The van der Waals surface area contributed by atoms with E-state index in [9.17, 15) is 9.59 Å². The summed E-state index contributed by atoms with van der Waals surface area (Å²) in [6.45, 7) is 2.16. The van der Waals surface area contributed by atoms with E-state index in [2.05, 4.69) is 23.3 Å². The lowest BCUT2D eigenvalue weighted by molar-refractivity contribution is -0.143. The Morgan fingerprint density at radius 3 is 2.86 bits per heavy atom. The molecular formula is C8H14N2O3S. The summed E-state index contributed by atoms with van der Waals surface area (Å²) < 4.78 is 0. The van der Waals surface area contributed by atoms with Crippen molar-refractivity contribution in [2.75, 3.05) is 6.54 Å². The van der Waals surface area contributed by atoms with Crippen LogP contribution in [0.3, 0.4) is 0 Å². The molecule has 0 aromatic carbocycles. The summed E-state index contributed by atoms with van der Waals surface area (Å²) in [7, 11) is 0. The largest absolute Gasteiger partial charge is 0.480 e. The number of thiol groups is 1. The molecule has 1 rings (SSSR count). The van der Waals surface area contributed by atoms with Gasteiger partial charge < -0.3 is 15.7 Å². The zero-order valence-corrected chi connectivity index (χ0v) is 8.75. The van der Waals surface area contributed by atoms with E-state index in [1.165, 1.54) is 0 Å². The maximum Gasteiger partial charge on any atom is 0.327 e. The second kappa shape index (κ2) is 4.65. The van der Waals surface area contributed by atoms with Gasteiger partial charge >= 0.3 is 5.97 Å². The first-order valence-electron chi connectivity index (χ1n) is 4.45. The van der Waals surface area contributed by atoms with E-state index in [1.54, 1.807) is 0 Å². The highest BCUT2D eigenvalue weighted by Crippen LogP contribution is 2.07. The predicted molar refractivity (Wildman–Crippen MR) is 54.4 cm³/mol. The van der Waals surface area contributed by atoms with E-state index in [0.717, 1.165) is 0 Å². The van der Waals surface area contributed by atoms with Gasteiger partial charge in [0.05, 0.1) is 6.04 Å². The van der Waals surface area contributed by atoms with Gasteiger partial charge in [0.15, 0.2) is 0 Å². The van der Waals surface area contributed by atoms with Gasteiger partial charge in [0, 0.05) is 11.8 Å². The zero-order valence-electron chi connectivity index (χ0n) is 7.86. The van der Waals surface area contributed by atoms with Crippen molar-refractivity contribution in [3.8, 4) is 0 Å². The van der Waals surface area contributed by atoms with Gasteiger partial charge in [-0.25, -0.2) is 4.79 Å². The Labute approximate surface area is 87.7 Å². The van der Waals surface area contributed by atoms with Gasteiger partial charge in [0.2, 0.25) is 5.91 Å². The van der Waals surface area contributed by atoms with Gasteiger partial charge in [-0.3, -0.25) is 4.79 Å². The summed E-state index contributed by atoms with van der Waals surface area (Å²) in [5, 5.41) is 14.1. The lowest BCUT2D eigenvalue weighted by Crippen LogP contribution is -2.61. The molecule has 0 aliphatic carbocycles. The number of amides is 1. The van der Waals surface area contributed by atoms with Crippen LogP contribution in [0, 0.1) is 0 Å². The third-order valence-electron chi connectivity index (χ3n) is 2.08. The quantitative estimate of drug-likeness (QED) is 0.469. The van der Waals surface area contributed by atoms with E-state index in [0.29, 0.717) is 6.42 Å². The summed E-state index contributed by atoms with van der Waals surface area (Å²) >= 11 is 4.18. The van der Waals surface area contributed by atoms with Crippen molar-refractivity contribution < 1.29 is 14.7 Å². The van der Waals surface area contributed by atoms with Gasteiger partial charge in [-0.05, 0) is 6.42 Å². The van der Waals surface area contributed by atoms with Crippen molar-refractivity contribution in [2.45, 2.75) is 30.7 Å². The topological polar surface area (TPSA) is 78.4 Å². The normalized spacial score (nSPS) is 29.4. The Morgan fingerprint density at radius 2 is 2.43 bits per heavy atom. The molecule has 0 spiro atoms.